The van der Waals surface area contributed by atoms with Gasteiger partial charge in [-0.2, -0.15) is 0 Å². The molecule has 3 nitrogen and oxygen atoms in total. The quantitative estimate of drug-likeness (QED) is 0.863. The molecule has 5 heteroatoms. The van der Waals surface area contributed by atoms with Gasteiger partial charge in [-0.3, -0.25) is 4.79 Å². The molecule has 0 aliphatic carbocycles. The highest BCUT2D eigenvalue weighted by Crippen LogP contribution is 2.17. The SMILES string of the molecule is Br.Br.NCc1ccc(-c2ccc(=O)[nH]c2)cc1. The highest BCUT2D eigenvalue weighted by atomic mass is 79.9. The van der Waals surface area contributed by atoms with Crippen molar-refractivity contribution in [1.82, 2.24) is 4.98 Å². The first kappa shape index (κ1) is 16.1. The Labute approximate surface area is 121 Å². The van der Waals surface area contributed by atoms with Crippen molar-refractivity contribution in [3.05, 3.63) is 58.5 Å². The first-order valence-electron chi connectivity index (χ1n) is 4.78. The topological polar surface area (TPSA) is 58.9 Å². The van der Waals surface area contributed by atoms with Crippen molar-refractivity contribution in [2.24, 2.45) is 5.73 Å². The Morgan fingerprint density at radius 1 is 0.941 bits per heavy atom. The molecule has 0 fully saturated rings. The molecule has 0 saturated heterocycles. The van der Waals surface area contributed by atoms with Gasteiger partial charge in [0, 0.05) is 18.8 Å². The highest BCUT2D eigenvalue weighted by Gasteiger charge is 1.96. The van der Waals surface area contributed by atoms with Gasteiger partial charge in [0.2, 0.25) is 5.56 Å². The van der Waals surface area contributed by atoms with Gasteiger partial charge in [0.05, 0.1) is 0 Å². The molecule has 0 bridgehead atoms. The number of aromatic amines is 1. The minimum absolute atomic E-state index is 0. The van der Waals surface area contributed by atoms with Gasteiger partial charge in [-0.1, -0.05) is 24.3 Å². The third-order valence-electron chi connectivity index (χ3n) is 2.31. The Kier molecular flexibility index (Phi) is 7.03. The number of hydrogen-bond acceptors (Lipinski definition) is 2. The molecule has 3 N–H and O–H groups in total. The minimum atomic E-state index is -0.0858. The van der Waals surface area contributed by atoms with E-state index in [1.165, 1.54) is 6.07 Å². The molecule has 0 saturated carbocycles. The van der Waals surface area contributed by atoms with Crippen molar-refractivity contribution >= 4 is 34.0 Å². The van der Waals surface area contributed by atoms with E-state index in [2.05, 4.69) is 4.98 Å². The van der Waals surface area contributed by atoms with Crippen LogP contribution in [0.3, 0.4) is 0 Å². The summed E-state index contributed by atoms with van der Waals surface area (Å²) < 4.78 is 0. The summed E-state index contributed by atoms with van der Waals surface area (Å²) in [6, 6.07) is 11.3. The van der Waals surface area contributed by atoms with Gasteiger partial charge in [0.1, 0.15) is 0 Å². The molecule has 17 heavy (non-hydrogen) atoms. The first-order chi connectivity index (χ1) is 7.29. The molecule has 0 aliphatic rings. The fourth-order valence-electron chi connectivity index (χ4n) is 1.42. The maximum Gasteiger partial charge on any atom is 0.247 e. The van der Waals surface area contributed by atoms with E-state index in [9.17, 15) is 4.79 Å². The Balaban J connectivity index is 0.00000128. The zero-order valence-corrected chi connectivity index (χ0v) is 12.5. The van der Waals surface area contributed by atoms with E-state index in [0.717, 1.165) is 16.7 Å². The standard InChI is InChI=1S/C12H12N2O.2BrH/c13-7-9-1-3-10(4-2-9)11-5-6-12(15)14-8-11;;/h1-6,8H,7,13H2,(H,14,15);2*1H. The summed E-state index contributed by atoms with van der Waals surface area (Å²) in [4.78, 5) is 13.5. The fraction of sp³-hybridized carbons (Fsp3) is 0.0833. The lowest BCUT2D eigenvalue weighted by Crippen LogP contribution is -2.01. The van der Waals surface area contributed by atoms with Crippen LogP contribution >= 0.6 is 34.0 Å². The van der Waals surface area contributed by atoms with Crippen LogP contribution in [0, 0.1) is 0 Å². The Morgan fingerprint density at radius 3 is 2.00 bits per heavy atom. The Morgan fingerprint density at radius 2 is 1.53 bits per heavy atom. The summed E-state index contributed by atoms with van der Waals surface area (Å²) >= 11 is 0. The lowest BCUT2D eigenvalue weighted by atomic mass is 10.1. The number of nitrogens with two attached hydrogens (primary N) is 1. The van der Waals surface area contributed by atoms with Gasteiger partial charge in [-0.05, 0) is 22.8 Å². The molecule has 0 amide bonds. The predicted octanol–water partition coefficient (Wildman–Crippen LogP) is 2.66. The third-order valence-corrected chi connectivity index (χ3v) is 2.31. The zero-order valence-electron chi connectivity index (χ0n) is 9.05. The van der Waals surface area contributed by atoms with Crippen LogP contribution < -0.4 is 11.3 Å². The number of aromatic nitrogens is 1. The second kappa shape index (κ2) is 7.42. The van der Waals surface area contributed by atoms with Crippen molar-refractivity contribution in [3.8, 4) is 11.1 Å². The van der Waals surface area contributed by atoms with E-state index in [4.69, 9.17) is 5.73 Å². The molecule has 92 valence electrons. The average Bonchev–Trinajstić information content (AvgIpc) is 2.30. The van der Waals surface area contributed by atoms with Gasteiger partial charge in [0.15, 0.2) is 0 Å². The second-order valence-corrected chi connectivity index (χ2v) is 3.34. The lowest BCUT2D eigenvalue weighted by Gasteiger charge is -2.02. The summed E-state index contributed by atoms with van der Waals surface area (Å²) in [6.07, 6.45) is 1.71. The van der Waals surface area contributed by atoms with Crippen LogP contribution in [0.25, 0.3) is 11.1 Å². The first-order valence-corrected chi connectivity index (χ1v) is 4.78. The summed E-state index contributed by atoms with van der Waals surface area (Å²) in [5.74, 6) is 0. The maximum absolute atomic E-state index is 10.9. The van der Waals surface area contributed by atoms with Gasteiger partial charge < -0.3 is 10.7 Å². The van der Waals surface area contributed by atoms with E-state index in [0.29, 0.717) is 6.54 Å². The number of rotatable bonds is 2. The van der Waals surface area contributed by atoms with Crippen molar-refractivity contribution in [2.75, 3.05) is 0 Å². The number of nitrogens with one attached hydrogen (secondary N) is 1. The number of halogens is 2. The number of pyridine rings is 1. The maximum atomic E-state index is 10.9. The molecule has 0 atom stereocenters. The molecule has 1 heterocycles. The summed E-state index contributed by atoms with van der Waals surface area (Å²) in [7, 11) is 0. The second-order valence-electron chi connectivity index (χ2n) is 3.34. The number of hydrogen-bond donors (Lipinski definition) is 2. The lowest BCUT2D eigenvalue weighted by molar-refractivity contribution is 1.07. The van der Waals surface area contributed by atoms with Crippen LogP contribution in [-0.4, -0.2) is 4.98 Å². The molecule has 2 rings (SSSR count). The van der Waals surface area contributed by atoms with E-state index >= 15 is 0 Å². The van der Waals surface area contributed by atoms with Gasteiger partial charge >= 0.3 is 0 Å². The number of benzene rings is 1. The highest BCUT2D eigenvalue weighted by molar-refractivity contribution is 8.93. The molecular weight excluding hydrogens is 348 g/mol. The van der Waals surface area contributed by atoms with Crippen molar-refractivity contribution in [2.45, 2.75) is 6.54 Å². The Hall–Kier alpha value is -0.910. The molecule has 1 aromatic heterocycles. The molecule has 0 radical (unpaired) electrons. The Bertz CT molecular complexity index is 488. The fourth-order valence-corrected chi connectivity index (χ4v) is 1.42. The molecule has 2 aromatic rings. The summed E-state index contributed by atoms with van der Waals surface area (Å²) in [5.41, 5.74) is 8.60. The largest absolute Gasteiger partial charge is 0.328 e. The van der Waals surface area contributed by atoms with Crippen molar-refractivity contribution < 1.29 is 0 Å². The smallest absolute Gasteiger partial charge is 0.247 e. The normalized spacial score (nSPS) is 9.00. The third kappa shape index (κ3) is 4.11. The summed E-state index contributed by atoms with van der Waals surface area (Å²) in [6.45, 7) is 0.548. The zero-order chi connectivity index (χ0) is 10.7. The van der Waals surface area contributed by atoms with E-state index < -0.39 is 0 Å². The molecule has 1 aromatic carbocycles. The number of H-pyrrole nitrogens is 1. The minimum Gasteiger partial charge on any atom is -0.328 e. The monoisotopic (exact) mass is 360 g/mol. The van der Waals surface area contributed by atoms with Gasteiger partial charge in [-0.15, -0.1) is 34.0 Å². The van der Waals surface area contributed by atoms with Crippen LogP contribution in [0.1, 0.15) is 5.56 Å². The van der Waals surface area contributed by atoms with Gasteiger partial charge in [0.25, 0.3) is 0 Å². The van der Waals surface area contributed by atoms with Crippen LogP contribution in [0.4, 0.5) is 0 Å². The summed E-state index contributed by atoms with van der Waals surface area (Å²) in [5, 5.41) is 0. The van der Waals surface area contributed by atoms with Crippen LogP contribution in [0.15, 0.2) is 47.4 Å². The molecule has 0 aliphatic heterocycles. The molecule has 0 unspecified atom stereocenters. The van der Waals surface area contributed by atoms with Crippen molar-refractivity contribution in [1.29, 1.82) is 0 Å². The van der Waals surface area contributed by atoms with Crippen molar-refractivity contribution in [3.63, 3.8) is 0 Å². The predicted molar refractivity (Wildman–Crippen MR) is 81.0 cm³/mol. The molecular formula is C12H14Br2N2O. The van der Waals surface area contributed by atoms with Crippen LogP contribution in [0.2, 0.25) is 0 Å². The van der Waals surface area contributed by atoms with Crippen LogP contribution in [0.5, 0.6) is 0 Å². The average molecular weight is 362 g/mol. The van der Waals surface area contributed by atoms with E-state index in [1.54, 1.807) is 12.3 Å². The van der Waals surface area contributed by atoms with E-state index in [1.807, 2.05) is 24.3 Å². The van der Waals surface area contributed by atoms with Crippen LogP contribution in [-0.2, 0) is 6.54 Å². The molecule has 0 spiro atoms. The van der Waals surface area contributed by atoms with Gasteiger partial charge in [-0.25, -0.2) is 0 Å². The van der Waals surface area contributed by atoms with E-state index in [-0.39, 0.29) is 39.5 Å².